The maximum Gasteiger partial charge on any atom is 0.385 e. The Balaban J connectivity index is 4.44. The van der Waals surface area contributed by atoms with Crippen LogP contribution in [0.1, 0.15) is 0 Å². The highest BCUT2D eigenvalue weighted by Gasteiger charge is 1.93. The van der Waals surface area contributed by atoms with Gasteiger partial charge in [0.05, 0.1) is 0 Å². The number of guanidine groups is 1. The van der Waals surface area contributed by atoms with E-state index in [0.29, 0.717) is 0 Å². The average Bonchev–Trinajstić information content (AvgIpc) is 1.58. The van der Waals surface area contributed by atoms with Gasteiger partial charge in [-0.3, -0.25) is 0 Å². The predicted molar refractivity (Wildman–Crippen MR) is 32.6 cm³/mol. The zero-order chi connectivity index (χ0) is 8.15. The van der Waals surface area contributed by atoms with Crippen molar-refractivity contribution in [1.29, 1.82) is 0 Å². The molecule has 0 heterocycles. The molecule has 0 aromatic rings. The maximum absolute atomic E-state index is 10.2. The molecule has 0 atom stereocenters. The molecule has 0 aliphatic carbocycles. The van der Waals surface area contributed by atoms with Crippen molar-refractivity contribution in [2.45, 2.75) is 0 Å². The number of urea groups is 1. The molecule has 0 saturated carbocycles. The van der Waals surface area contributed by atoms with Crippen LogP contribution in [0.3, 0.4) is 0 Å². The van der Waals surface area contributed by atoms with Gasteiger partial charge in [-0.15, -0.1) is 0 Å². The minimum absolute atomic E-state index is 0.529. The Labute approximate surface area is 57.4 Å². The lowest BCUT2D eigenvalue weighted by atomic mass is 11.0. The lowest BCUT2D eigenvalue weighted by molar-refractivity contribution is 0.257. The van der Waals surface area contributed by atoms with Crippen LogP contribution in [-0.4, -0.2) is 20.4 Å². The summed E-state index contributed by atoms with van der Waals surface area (Å²) < 4.78 is 21.8. The molecule has 7 nitrogen and oxygen atoms in total. The van der Waals surface area contributed by atoms with Crippen molar-refractivity contribution in [3.8, 4) is 0 Å². The molecule has 0 bridgehead atoms. The molecule has 0 saturated heterocycles. The van der Waals surface area contributed by atoms with Crippen LogP contribution in [0.2, 0.25) is 0 Å². The van der Waals surface area contributed by atoms with Crippen LogP contribution < -0.4 is 11.5 Å². The van der Waals surface area contributed by atoms with E-state index in [4.69, 9.17) is 11.5 Å². The van der Waals surface area contributed by atoms with Gasteiger partial charge in [0.2, 0.25) is 0 Å². The van der Waals surface area contributed by atoms with E-state index >= 15 is 0 Å². The van der Waals surface area contributed by atoms with Crippen molar-refractivity contribution >= 4 is 22.5 Å². The van der Waals surface area contributed by atoms with Gasteiger partial charge in [-0.1, -0.05) is 4.36 Å². The third-order valence-corrected chi connectivity index (χ3v) is 0.683. The fourth-order valence-corrected chi connectivity index (χ4v) is 0.363. The zero-order valence-corrected chi connectivity index (χ0v) is 5.50. The smallest absolute Gasteiger partial charge is 0.370 e. The van der Waals surface area contributed by atoms with Crippen molar-refractivity contribution in [1.82, 2.24) is 0 Å². The predicted octanol–water partition coefficient (Wildman–Crippen LogP) is -1.56. The number of carbonyl (C=O) groups excluding carboxylic acids is 1. The minimum atomic E-state index is -2.80. The van der Waals surface area contributed by atoms with Gasteiger partial charge in [0.25, 0.3) is 0 Å². The molecule has 2 amide bonds. The van der Waals surface area contributed by atoms with E-state index < -0.39 is 22.5 Å². The third-order valence-electron chi connectivity index (χ3n) is 0.377. The number of amides is 2. The molecule has 0 aromatic carbocycles. The molecule has 10 heavy (non-hydrogen) atoms. The van der Waals surface area contributed by atoms with E-state index in [0.717, 1.165) is 0 Å². The normalized spacial score (nSPS) is 8.00. The molecule has 0 aliphatic heterocycles. The van der Waals surface area contributed by atoms with Crippen LogP contribution in [-0.2, 0) is 10.5 Å². The van der Waals surface area contributed by atoms with E-state index in [1.165, 1.54) is 0 Å². The molecular weight excluding hydrogens is 160 g/mol. The number of hydrogen-bond donors (Lipinski definition) is 2. The summed E-state index contributed by atoms with van der Waals surface area (Å²) in [7, 11) is -2.80. The van der Waals surface area contributed by atoms with E-state index in [2.05, 4.69) is 9.36 Å². The third kappa shape index (κ3) is 4.71. The SMILES string of the molecule is NC(N)=NC(=O)N=S(=O)=O. The Hall–Kier alpha value is -1.44. The number of nitrogens with zero attached hydrogens (tertiary/aromatic N) is 2. The van der Waals surface area contributed by atoms with Gasteiger partial charge in [-0.05, 0) is 0 Å². The second-order valence-corrected chi connectivity index (χ2v) is 1.74. The molecule has 56 valence electrons. The molecule has 0 radical (unpaired) electrons. The number of rotatable bonds is 0. The summed E-state index contributed by atoms with van der Waals surface area (Å²) in [5, 5.41) is 0. The van der Waals surface area contributed by atoms with Crippen molar-refractivity contribution in [2.75, 3.05) is 0 Å². The van der Waals surface area contributed by atoms with E-state index in [-0.39, 0.29) is 0 Å². The molecule has 0 aliphatic rings. The zero-order valence-electron chi connectivity index (χ0n) is 4.68. The summed E-state index contributed by atoms with van der Waals surface area (Å²) in [5.41, 5.74) is 9.43. The first kappa shape index (κ1) is 8.56. The maximum atomic E-state index is 10.2. The standard InChI is InChI=1S/C2H4N4O3S/c3-1(4)5-2(7)6-10(8)9/h(H4,3,4,5,7). The second kappa shape index (κ2) is 3.56. The topological polar surface area (TPSA) is 128 Å². The first-order valence-corrected chi connectivity index (χ1v) is 3.00. The van der Waals surface area contributed by atoms with Gasteiger partial charge in [-0.25, -0.2) is 4.79 Å². The average molecular weight is 164 g/mol. The number of nitrogens with two attached hydrogens (primary N) is 2. The molecule has 0 fully saturated rings. The van der Waals surface area contributed by atoms with Crippen molar-refractivity contribution < 1.29 is 13.2 Å². The quantitative estimate of drug-likeness (QED) is 0.330. The Kier molecular flexibility index (Phi) is 3.05. The first-order valence-electron chi connectivity index (χ1n) is 1.97. The summed E-state index contributed by atoms with van der Waals surface area (Å²) in [5.74, 6) is -0.529. The Morgan fingerprint density at radius 3 is 2.10 bits per heavy atom. The Morgan fingerprint density at radius 2 is 1.80 bits per heavy atom. The summed E-state index contributed by atoms with van der Waals surface area (Å²) >= 11 is 0. The van der Waals surface area contributed by atoms with Crippen molar-refractivity contribution in [2.24, 2.45) is 20.8 Å². The van der Waals surface area contributed by atoms with E-state index in [1.807, 2.05) is 0 Å². The Bertz CT molecular complexity index is 276. The molecule has 0 spiro atoms. The highest BCUT2D eigenvalue weighted by molar-refractivity contribution is 7.62. The molecule has 0 rings (SSSR count). The summed E-state index contributed by atoms with van der Waals surface area (Å²) in [6, 6.07) is -1.24. The number of hydrogen-bond acceptors (Lipinski definition) is 3. The van der Waals surface area contributed by atoms with Crippen LogP contribution in [0.4, 0.5) is 4.79 Å². The minimum Gasteiger partial charge on any atom is -0.370 e. The van der Waals surface area contributed by atoms with Gasteiger partial charge in [0.15, 0.2) is 5.96 Å². The van der Waals surface area contributed by atoms with Crippen LogP contribution >= 0.6 is 0 Å². The summed E-state index contributed by atoms with van der Waals surface area (Å²) in [6.07, 6.45) is 0. The lowest BCUT2D eigenvalue weighted by Gasteiger charge is -1.81. The van der Waals surface area contributed by atoms with Crippen molar-refractivity contribution in [3.05, 3.63) is 0 Å². The highest BCUT2D eigenvalue weighted by Crippen LogP contribution is 1.77. The van der Waals surface area contributed by atoms with E-state index in [9.17, 15) is 13.2 Å². The summed E-state index contributed by atoms with van der Waals surface area (Å²) in [6.45, 7) is 0. The molecule has 0 unspecified atom stereocenters. The fraction of sp³-hybridized carbons (Fsp3) is 0. The lowest BCUT2D eigenvalue weighted by Crippen LogP contribution is -2.23. The highest BCUT2D eigenvalue weighted by atomic mass is 32.2. The van der Waals surface area contributed by atoms with E-state index in [1.54, 1.807) is 0 Å². The van der Waals surface area contributed by atoms with Gasteiger partial charge in [0.1, 0.15) is 0 Å². The van der Waals surface area contributed by atoms with Gasteiger partial charge in [0, 0.05) is 0 Å². The van der Waals surface area contributed by atoms with Crippen LogP contribution in [0.15, 0.2) is 9.36 Å². The van der Waals surface area contributed by atoms with Crippen LogP contribution in [0.25, 0.3) is 0 Å². The largest absolute Gasteiger partial charge is 0.385 e. The van der Waals surface area contributed by atoms with Gasteiger partial charge < -0.3 is 11.5 Å². The molecule has 4 N–H and O–H groups in total. The molecular formula is C2H4N4O3S. The van der Waals surface area contributed by atoms with Gasteiger partial charge in [-0.2, -0.15) is 13.4 Å². The fourth-order valence-electron chi connectivity index (χ4n) is 0.195. The first-order chi connectivity index (χ1) is 4.52. The van der Waals surface area contributed by atoms with Gasteiger partial charge >= 0.3 is 16.5 Å². The summed E-state index contributed by atoms with van der Waals surface area (Å²) in [4.78, 5) is 12.9. The van der Waals surface area contributed by atoms with Crippen LogP contribution in [0.5, 0.6) is 0 Å². The number of aliphatic imine (C=N–C) groups is 1. The number of carbonyl (C=O) groups is 1. The monoisotopic (exact) mass is 164 g/mol. The van der Waals surface area contributed by atoms with Crippen molar-refractivity contribution in [3.63, 3.8) is 0 Å². The molecule has 8 heteroatoms. The Morgan fingerprint density at radius 1 is 1.30 bits per heavy atom. The second-order valence-electron chi connectivity index (χ2n) is 1.13. The van der Waals surface area contributed by atoms with Crippen LogP contribution in [0, 0.1) is 0 Å². The molecule has 0 aromatic heterocycles.